The van der Waals surface area contributed by atoms with Crippen LogP contribution < -0.4 is 0 Å². The molecular formula is C19H23FN2O4. The number of halogens is 1. The summed E-state index contributed by atoms with van der Waals surface area (Å²) in [5.41, 5.74) is 0.818. The van der Waals surface area contributed by atoms with E-state index < -0.39 is 0 Å². The Morgan fingerprint density at radius 2 is 2.31 bits per heavy atom. The Morgan fingerprint density at radius 3 is 3.12 bits per heavy atom. The molecule has 1 amide bonds. The number of amides is 1. The number of likely N-dealkylation sites (tertiary alicyclic amines) is 1. The van der Waals surface area contributed by atoms with E-state index in [0.29, 0.717) is 37.8 Å². The van der Waals surface area contributed by atoms with Crippen molar-refractivity contribution in [1.29, 1.82) is 0 Å². The number of aromatic nitrogens is 1. The first-order valence-electron chi connectivity index (χ1n) is 8.72. The number of carbonyl (C=O) groups excluding carboxylic acids is 1. The zero-order chi connectivity index (χ0) is 18.4. The van der Waals surface area contributed by atoms with Gasteiger partial charge in [-0.05, 0) is 30.5 Å². The third kappa shape index (κ3) is 4.68. The van der Waals surface area contributed by atoms with Crippen LogP contribution in [0.25, 0.3) is 0 Å². The SMILES string of the molecule is COCCOCC(=O)N1CCC[C@@H]1c1ncc(Cc2cccc(F)c2)o1. The van der Waals surface area contributed by atoms with Gasteiger partial charge in [-0.15, -0.1) is 0 Å². The number of rotatable bonds is 8. The summed E-state index contributed by atoms with van der Waals surface area (Å²) in [6.07, 6.45) is 3.82. The van der Waals surface area contributed by atoms with Crippen molar-refractivity contribution in [3.63, 3.8) is 0 Å². The lowest BCUT2D eigenvalue weighted by molar-refractivity contribution is -0.137. The maximum absolute atomic E-state index is 13.3. The molecule has 0 aliphatic carbocycles. The molecule has 1 saturated heterocycles. The number of oxazole rings is 1. The number of benzene rings is 1. The predicted molar refractivity (Wildman–Crippen MR) is 92.1 cm³/mol. The van der Waals surface area contributed by atoms with Gasteiger partial charge in [0.15, 0.2) is 0 Å². The fraction of sp³-hybridized carbons (Fsp3) is 0.474. The summed E-state index contributed by atoms with van der Waals surface area (Å²) in [4.78, 5) is 18.5. The van der Waals surface area contributed by atoms with Crippen LogP contribution in [0.3, 0.4) is 0 Å². The van der Waals surface area contributed by atoms with E-state index in [-0.39, 0.29) is 24.4 Å². The molecule has 0 bridgehead atoms. The van der Waals surface area contributed by atoms with Crippen molar-refractivity contribution < 1.29 is 23.1 Å². The van der Waals surface area contributed by atoms with Crippen LogP contribution in [0.4, 0.5) is 4.39 Å². The zero-order valence-corrected chi connectivity index (χ0v) is 14.8. The highest BCUT2D eigenvalue weighted by molar-refractivity contribution is 5.78. The molecule has 1 atom stereocenters. The quantitative estimate of drug-likeness (QED) is 0.676. The predicted octanol–water partition coefficient (Wildman–Crippen LogP) is 2.73. The van der Waals surface area contributed by atoms with E-state index >= 15 is 0 Å². The van der Waals surface area contributed by atoms with E-state index in [1.54, 1.807) is 24.3 Å². The van der Waals surface area contributed by atoms with E-state index in [0.717, 1.165) is 18.4 Å². The van der Waals surface area contributed by atoms with E-state index in [1.165, 1.54) is 12.1 Å². The average Bonchev–Trinajstić information content (AvgIpc) is 3.27. The van der Waals surface area contributed by atoms with Gasteiger partial charge in [-0.2, -0.15) is 0 Å². The Labute approximate surface area is 151 Å². The molecule has 1 aromatic heterocycles. The second kappa shape index (κ2) is 8.91. The summed E-state index contributed by atoms with van der Waals surface area (Å²) >= 11 is 0. The summed E-state index contributed by atoms with van der Waals surface area (Å²) in [7, 11) is 1.59. The Hall–Kier alpha value is -2.25. The minimum Gasteiger partial charge on any atom is -0.443 e. The Bertz CT molecular complexity index is 734. The first-order chi connectivity index (χ1) is 12.7. The molecule has 2 aromatic rings. The smallest absolute Gasteiger partial charge is 0.249 e. The van der Waals surface area contributed by atoms with Crippen LogP contribution in [0.1, 0.15) is 36.1 Å². The van der Waals surface area contributed by atoms with Gasteiger partial charge < -0.3 is 18.8 Å². The summed E-state index contributed by atoms with van der Waals surface area (Å²) in [6.45, 7) is 1.53. The van der Waals surface area contributed by atoms with Crippen LogP contribution in [0.15, 0.2) is 34.9 Å². The second-order valence-corrected chi connectivity index (χ2v) is 6.26. The molecular weight excluding hydrogens is 339 g/mol. The number of ether oxygens (including phenoxy) is 2. The van der Waals surface area contributed by atoms with Gasteiger partial charge in [-0.3, -0.25) is 4.79 Å². The zero-order valence-electron chi connectivity index (χ0n) is 14.8. The highest BCUT2D eigenvalue weighted by Crippen LogP contribution is 2.32. The first kappa shape index (κ1) is 18.5. The number of methoxy groups -OCH3 is 1. The lowest BCUT2D eigenvalue weighted by Crippen LogP contribution is -2.34. The molecule has 1 aliphatic rings. The molecule has 0 spiro atoms. The number of carbonyl (C=O) groups is 1. The highest BCUT2D eigenvalue weighted by Gasteiger charge is 2.33. The van der Waals surface area contributed by atoms with Crippen LogP contribution in [0, 0.1) is 5.82 Å². The number of hydrogen-bond acceptors (Lipinski definition) is 5. The van der Waals surface area contributed by atoms with Crippen molar-refractivity contribution in [1.82, 2.24) is 9.88 Å². The third-order valence-corrected chi connectivity index (χ3v) is 4.35. The molecule has 1 aromatic carbocycles. The van der Waals surface area contributed by atoms with Crippen LogP contribution >= 0.6 is 0 Å². The fourth-order valence-corrected chi connectivity index (χ4v) is 3.11. The van der Waals surface area contributed by atoms with Crippen molar-refractivity contribution in [2.45, 2.75) is 25.3 Å². The second-order valence-electron chi connectivity index (χ2n) is 6.26. The highest BCUT2D eigenvalue weighted by atomic mass is 19.1. The van der Waals surface area contributed by atoms with Crippen molar-refractivity contribution in [3.8, 4) is 0 Å². The largest absolute Gasteiger partial charge is 0.443 e. The lowest BCUT2D eigenvalue weighted by atomic mass is 10.1. The Morgan fingerprint density at radius 1 is 1.42 bits per heavy atom. The lowest BCUT2D eigenvalue weighted by Gasteiger charge is -2.22. The molecule has 6 nitrogen and oxygen atoms in total. The molecule has 0 N–H and O–H groups in total. The van der Waals surface area contributed by atoms with Crippen molar-refractivity contribution in [2.24, 2.45) is 0 Å². The van der Waals surface area contributed by atoms with Gasteiger partial charge >= 0.3 is 0 Å². The molecule has 2 heterocycles. The molecule has 0 unspecified atom stereocenters. The molecule has 7 heteroatoms. The Kier molecular flexibility index (Phi) is 6.35. The summed E-state index contributed by atoms with van der Waals surface area (Å²) < 4.78 is 29.4. The molecule has 0 radical (unpaired) electrons. The standard InChI is InChI=1S/C19H23FN2O4/c1-24-8-9-25-13-18(23)22-7-3-6-17(22)19-21-12-16(26-19)11-14-4-2-5-15(20)10-14/h2,4-5,10,12,17H,3,6-9,11,13H2,1H3/t17-/m1/s1. The molecule has 26 heavy (non-hydrogen) atoms. The Balaban J connectivity index is 1.61. The first-order valence-corrected chi connectivity index (χ1v) is 8.72. The van der Waals surface area contributed by atoms with E-state index in [1.807, 2.05) is 6.07 Å². The molecule has 3 rings (SSSR count). The number of nitrogens with zero attached hydrogens (tertiary/aromatic N) is 2. The van der Waals surface area contributed by atoms with Gasteiger partial charge in [0.2, 0.25) is 11.8 Å². The maximum atomic E-state index is 13.3. The van der Waals surface area contributed by atoms with E-state index in [9.17, 15) is 9.18 Å². The normalized spacial score (nSPS) is 17.0. The van der Waals surface area contributed by atoms with Crippen LogP contribution in [0.2, 0.25) is 0 Å². The summed E-state index contributed by atoms with van der Waals surface area (Å²) in [5, 5.41) is 0. The number of hydrogen-bond donors (Lipinski definition) is 0. The maximum Gasteiger partial charge on any atom is 0.249 e. The minimum absolute atomic E-state index is 0.0245. The summed E-state index contributed by atoms with van der Waals surface area (Å²) in [6, 6.07) is 6.23. The topological polar surface area (TPSA) is 64.8 Å². The average molecular weight is 362 g/mol. The van der Waals surface area contributed by atoms with Gasteiger partial charge in [-0.1, -0.05) is 12.1 Å². The van der Waals surface area contributed by atoms with E-state index in [4.69, 9.17) is 13.9 Å². The van der Waals surface area contributed by atoms with Crippen molar-refractivity contribution in [3.05, 3.63) is 53.5 Å². The molecule has 0 saturated carbocycles. The van der Waals surface area contributed by atoms with Gasteiger partial charge in [0, 0.05) is 20.1 Å². The van der Waals surface area contributed by atoms with Gasteiger partial charge in [0.1, 0.15) is 24.2 Å². The van der Waals surface area contributed by atoms with Crippen LogP contribution in [-0.4, -0.2) is 49.3 Å². The molecule has 1 fully saturated rings. The van der Waals surface area contributed by atoms with Crippen LogP contribution in [0.5, 0.6) is 0 Å². The third-order valence-electron chi connectivity index (χ3n) is 4.35. The van der Waals surface area contributed by atoms with Crippen molar-refractivity contribution >= 4 is 5.91 Å². The molecule has 1 aliphatic heterocycles. The van der Waals surface area contributed by atoms with Gasteiger partial charge in [0.25, 0.3) is 0 Å². The minimum atomic E-state index is -0.275. The fourth-order valence-electron chi connectivity index (χ4n) is 3.11. The summed E-state index contributed by atoms with van der Waals surface area (Å²) in [5.74, 6) is 0.831. The van der Waals surface area contributed by atoms with Gasteiger partial charge in [0.05, 0.1) is 19.4 Å². The molecule has 140 valence electrons. The van der Waals surface area contributed by atoms with Crippen LogP contribution in [-0.2, 0) is 20.7 Å². The van der Waals surface area contributed by atoms with Crippen molar-refractivity contribution in [2.75, 3.05) is 33.5 Å². The van der Waals surface area contributed by atoms with Gasteiger partial charge in [-0.25, -0.2) is 9.37 Å². The van der Waals surface area contributed by atoms with E-state index in [2.05, 4.69) is 4.98 Å². The monoisotopic (exact) mass is 362 g/mol.